The number of carbonyl (C=O) groups is 1. The molecule has 0 aliphatic heterocycles. The molecule has 4 heteroatoms. The second-order valence-electron chi connectivity index (χ2n) is 1.94. The number of rotatable bonds is 1. The van der Waals surface area contributed by atoms with Gasteiger partial charge in [-0.2, -0.15) is 0 Å². The number of hydrogen-bond acceptors (Lipinski definition) is 2. The maximum Gasteiger partial charge on any atom is 1.00 e. The minimum atomic E-state index is -0.925. The van der Waals surface area contributed by atoms with Crippen molar-refractivity contribution in [3.8, 4) is 0 Å². The van der Waals surface area contributed by atoms with Gasteiger partial charge in [0.15, 0.2) is 0 Å². The normalized spacial score (nSPS) is 8.45. The van der Waals surface area contributed by atoms with E-state index in [2.05, 4.69) is 4.98 Å². The van der Waals surface area contributed by atoms with E-state index in [1.165, 1.54) is 6.07 Å². The van der Waals surface area contributed by atoms with Crippen LogP contribution in [-0.4, -0.2) is 16.1 Å². The second kappa shape index (κ2) is 4.49. The Kier molecular flexibility index (Phi) is 4.33. The predicted octanol–water partition coefficient (Wildman–Crippen LogP) is -1.80. The molecule has 0 bridgehead atoms. The molecule has 1 rings (SSSR count). The van der Waals surface area contributed by atoms with Crippen LogP contribution in [0.2, 0.25) is 0 Å². The molecule has 0 aliphatic rings. The van der Waals surface area contributed by atoms with Crippen LogP contribution in [0.15, 0.2) is 18.3 Å². The van der Waals surface area contributed by atoms with Gasteiger partial charge in [0.1, 0.15) is 0 Å². The van der Waals surface area contributed by atoms with Gasteiger partial charge in [-0.05, 0) is 19.1 Å². The zero-order chi connectivity index (χ0) is 7.56. The summed E-state index contributed by atoms with van der Waals surface area (Å²) < 4.78 is 0. The van der Waals surface area contributed by atoms with E-state index in [0.29, 0.717) is 5.69 Å². The van der Waals surface area contributed by atoms with E-state index in [4.69, 9.17) is 5.11 Å². The molecule has 54 valence electrons. The molecular weight excluding hydrogens is 153 g/mol. The first kappa shape index (κ1) is 10.6. The molecule has 0 aliphatic carbocycles. The maximum absolute atomic E-state index is 10.4. The fraction of sp³-hybridized carbons (Fsp3) is 0.143. The Hall–Kier alpha value is -0.380. The predicted molar refractivity (Wildman–Crippen MR) is 37.0 cm³/mol. The smallest absolute Gasteiger partial charge is 1.00 e. The first-order valence-corrected chi connectivity index (χ1v) is 2.86. The maximum atomic E-state index is 10.4. The van der Waals surface area contributed by atoms with E-state index in [9.17, 15) is 4.79 Å². The Labute approximate surface area is 88.2 Å². The third kappa shape index (κ3) is 2.61. The van der Waals surface area contributed by atoms with E-state index in [1.807, 2.05) is 0 Å². The molecule has 0 saturated heterocycles. The third-order valence-electron chi connectivity index (χ3n) is 1.24. The Bertz CT molecular complexity index is 267. The zero-order valence-electron chi connectivity index (χ0n) is 7.53. The first-order chi connectivity index (χ1) is 4.72. The number of aromatic carboxylic acids is 1. The molecule has 0 aromatic carbocycles. The van der Waals surface area contributed by atoms with Crippen molar-refractivity contribution in [1.82, 2.24) is 4.98 Å². The van der Waals surface area contributed by atoms with E-state index >= 15 is 0 Å². The van der Waals surface area contributed by atoms with Crippen LogP contribution in [0, 0.1) is 6.92 Å². The summed E-state index contributed by atoms with van der Waals surface area (Å²) in [5.74, 6) is -0.925. The van der Waals surface area contributed by atoms with Crippen LogP contribution < -0.4 is 29.6 Å². The van der Waals surface area contributed by atoms with Crippen molar-refractivity contribution >= 4 is 5.97 Å². The molecule has 0 unspecified atom stereocenters. The van der Waals surface area contributed by atoms with Crippen molar-refractivity contribution in [2.45, 2.75) is 6.92 Å². The number of pyridine rings is 1. The summed E-state index contributed by atoms with van der Waals surface area (Å²) in [6.07, 6.45) is 1.57. The SMILES string of the molecule is Cc1ncccc1C(=O)O.[H-].[Na+]. The standard InChI is InChI=1S/C7H7NO2.Na.H/c1-5-6(7(9)10)3-2-4-8-5;;/h2-4H,1H3,(H,9,10);;/q;+1;-1. The van der Waals surface area contributed by atoms with Crippen LogP contribution in [0.25, 0.3) is 0 Å². The summed E-state index contributed by atoms with van der Waals surface area (Å²) in [6, 6.07) is 3.14. The van der Waals surface area contributed by atoms with Crippen molar-refractivity contribution < 1.29 is 40.9 Å². The third-order valence-corrected chi connectivity index (χ3v) is 1.24. The molecule has 0 radical (unpaired) electrons. The summed E-state index contributed by atoms with van der Waals surface area (Å²) in [5, 5.41) is 8.53. The van der Waals surface area contributed by atoms with Crippen molar-refractivity contribution in [3.63, 3.8) is 0 Å². The van der Waals surface area contributed by atoms with Gasteiger partial charge >= 0.3 is 35.5 Å². The quantitative estimate of drug-likeness (QED) is 0.495. The molecule has 0 spiro atoms. The van der Waals surface area contributed by atoms with Gasteiger partial charge in [-0.3, -0.25) is 4.98 Å². The summed E-state index contributed by atoms with van der Waals surface area (Å²) in [5.41, 5.74) is 0.817. The Morgan fingerprint density at radius 2 is 2.36 bits per heavy atom. The van der Waals surface area contributed by atoms with Crippen molar-refractivity contribution in [3.05, 3.63) is 29.6 Å². The average molecular weight is 161 g/mol. The molecule has 11 heavy (non-hydrogen) atoms. The van der Waals surface area contributed by atoms with E-state index in [1.54, 1.807) is 19.2 Å². The number of carboxylic acids is 1. The average Bonchev–Trinajstić information content (AvgIpc) is 1.88. The topological polar surface area (TPSA) is 50.2 Å². The minimum absolute atomic E-state index is 0. The van der Waals surface area contributed by atoms with E-state index in [0.717, 1.165) is 0 Å². The van der Waals surface area contributed by atoms with Crippen LogP contribution in [0.4, 0.5) is 0 Å². The molecule has 1 N–H and O–H groups in total. The van der Waals surface area contributed by atoms with Gasteiger partial charge in [-0.15, -0.1) is 0 Å². The van der Waals surface area contributed by atoms with Gasteiger partial charge in [0.25, 0.3) is 0 Å². The second-order valence-corrected chi connectivity index (χ2v) is 1.94. The Morgan fingerprint density at radius 3 is 2.73 bits per heavy atom. The van der Waals surface area contributed by atoms with Crippen molar-refractivity contribution in [2.24, 2.45) is 0 Å². The molecule has 1 aromatic rings. The van der Waals surface area contributed by atoms with Gasteiger partial charge in [0.2, 0.25) is 0 Å². The first-order valence-electron chi connectivity index (χ1n) is 2.86. The Morgan fingerprint density at radius 1 is 1.73 bits per heavy atom. The van der Waals surface area contributed by atoms with Crippen molar-refractivity contribution in [1.29, 1.82) is 0 Å². The summed E-state index contributed by atoms with van der Waals surface area (Å²) in [4.78, 5) is 14.2. The summed E-state index contributed by atoms with van der Waals surface area (Å²) >= 11 is 0. The van der Waals surface area contributed by atoms with Gasteiger partial charge in [-0.25, -0.2) is 4.79 Å². The summed E-state index contributed by atoms with van der Waals surface area (Å²) in [6.45, 7) is 1.67. The molecular formula is C7H8NNaO2. The van der Waals surface area contributed by atoms with Crippen LogP contribution in [0.3, 0.4) is 0 Å². The number of aromatic nitrogens is 1. The monoisotopic (exact) mass is 161 g/mol. The molecule has 1 heterocycles. The molecule has 0 atom stereocenters. The van der Waals surface area contributed by atoms with Crippen LogP contribution in [0.5, 0.6) is 0 Å². The van der Waals surface area contributed by atoms with Crippen LogP contribution in [-0.2, 0) is 0 Å². The molecule has 3 nitrogen and oxygen atoms in total. The van der Waals surface area contributed by atoms with Crippen LogP contribution in [0.1, 0.15) is 17.5 Å². The molecule has 0 saturated carbocycles. The Balaban J connectivity index is 0. The number of nitrogens with zero attached hydrogens (tertiary/aromatic N) is 1. The zero-order valence-corrected chi connectivity index (χ0v) is 8.53. The molecule has 0 fully saturated rings. The van der Waals surface area contributed by atoms with Gasteiger partial charge in [-0.1, -0.05) is 0 Å². The number of aryl methyl sites for hydroxylation is 1. The number of carboxylic acid groups (broad SMARTS) is 1. The molecule has 0 amide bonds. The van der Waals surface area contributed by atoms with Crippen molar-refractivity contribution in [2.75, 3.05) is 0 Å². The molecule has 1 aromatic heterocycles. The largest absolute Gasteiger partial charge is 1.00 e. The number of hydrogen-bond donors (Lipinski definition) is 1. The van der Waals surface area contributed by atoms with Gasteiger partial charge in [0, 0.05) is 6.20 Å². The van der Waals surface area contributed by atoms with E-state index < -0.39 is 5.97 Å². The van der Waals surface area contributed by atoms with Gasteiger partial charge in [0.05, 0.1) is 11.3 Å². The van der Waals surface area contributed by atoms with Gasteiger partial charge < -0.3 is 6.53 Å². The summed E-state index contributed by atoms with van der Waals surface area (Å²) in [7, 11) is 0. The minimum Gasteiger partial charge on any atom is -1.00 e. The fourth-order valence-electron chi connectivity index (χ4n) is 0.710. The van der Waals surface area contributed by atoms with Crippen LogP contribution >= 0.6 is 0 Å². The fourth-order valence-corrected chi connectivity index (χ4v) is 0.710. The van der Waals surface area contributed by atoms with E-state index in [-0.39, 0.29) is 36.5 Å².